The zero-order valence-corrected chi connectivity index (χ0v) is 17.0. The van der Waals surface area contributed by atoms with Crippen molar-refractivity contribution < 1.29 is 21.6 Å². The Hall–Kier alpha value is -3.31. The first-order chi connectivity index (χ1) is 14.5. The summed E-state index contributed by atoms with van der Waals surface area (Å²) in [4.78, 5) is 3.88. The molecule has 0 bridgehead atoms. The molecule has 0 amide bonds. The highest BCUT2D eigenvalue weighted by Gasteiger charge is 2.31. The van der Waals surface area contributed by atoms with Gasteiger partial charge in [-0.1, -0.05) is 17.7 Å². The van der Waals surface area contributed by atoms with E-state index >= 15 is 0 Å². The van der Waals surface area contributed by atoms with Crippen LogP contribution in [-0.2, 0) is 16.2 Å². The van der Waals surface area contributed by atoms with E-state index in [2.05, 4.69) is 19.9 Å². The highest BCUT2D eigenvalue weighted by atomic mass is 35.5. The number of halogens is 4. The van der Waals surface area contributed by atoms with E-state index in [1.807, 2.05) is 0 Å². The smallest absolute Gasteiger partial charge is 0.380 e. The standard InChI is InChI=1S/C19H13ClF3N5O2S/c20-14-9-11(28-31(29,30)12-3-1-2-10(8-12)19(21,22)23)4-5-13(14)15-6-7-16-17(25-15)18(24)27-26-16/h1-9,28H,(H3,24,26,27). The van der Waals surface area contributed by atoms with Crippen molar-refractivity contribution in [2.45, 2.75) is 11.1 Å². The van der Waals surface area contributed by atoms with Gasteiger partial charge in [0.2, 0.25) is 0 Å². The number of hydrogen-bond acceptors (Lipinski definition) is 5. The van der Waals surface area contributed by atoms with Crippen molar-refractivity contribution in [2.24, 2.45) is 0 Å². The van der Waals surface area contributed by atoms with Gasteiger partial charge in [0.1, 0.15) is 5.52 Å². The summed E-state index contributed by atoms with van der Waals surface area (Å²) < 4.78 is 66.0. The van der Waals surface area contributed by atoms with Crippen molar-refractivity contribution in [2.75, 3.05) is 10.5 Å². The van der Waals surface area contributed by atoms with Crippen LogP contribution in [0.25, 0.3) is 22.3 Å². The Morgan fingerprint density at radius 3 is 2.55 bits per heavy atom. The Morgan fingerprint density at radius 2 is 1.84 bits per heavy atom. The number of pyridine rings is 1. The monoisotopic (exact) mass is 467 g/mol. The zero-order chi connectivity index (χ0) is 22.4. The molecule has 4 aromatic rings. The molecule has 7 nitrogen and oxygen atoms in total. The lowest BCUT2D eigenvalue weighted by Gasteiger charge is -2.12. The quantitative estimate of drug-likeness (QED) is 0.403. The molecular weight excluding hydrogens is 455 g/mol. The summed E-state index contributed by atoms with van der Waals surface area (Å²) in [6.07, 6.45) is -4.66. The molecule has 0 aliphatic carbocycles. The highest BCUT2D eigenvalue weighted by Crippen LogP contribution is 2.33. The van der Waals surface area contributed by atoms with Crippen LogP contribution >= 0.6 is 11.6 Å². The molecule has 0 aliphatic rings. The van der Waals surface area contributed by atoms with E-state index < -0.39 is 26.7 Å². The number of H-pyrrole nitrogens is 1. The van der Waals surface area contributed by atoms with Gasteiger partial charge in [-0.05, 0) is 48.5 Å². The van der Waals surface area contributed by atoms with E-state index in [1.165, 1.54) is 18.2 Å². The number of aromatic amines is 1. The molecule has 12 heteroatoms. The van der Waals surface area contributed by atoms with E-state index in [4.69, 9.17) is 17.3 Å². The van der Waals surface area contributed by atoms with E-state index in [0.29, 0.717) is 28.4 Å². The minimum Gasteiger partial charge on any atom is -0.380 e. The Labute approximate surface area is 179 Å². The number of nitrogen functional groups attached to an aromatic ring is 1. The normalized spacial score (nSPS) is 12.3. The van der Waals surface area contributed by atoms with Crippen LogP contribution in [-0.4, -0.2) is 23.6 Å². The minimum atomic E-state index is -4.66. The average Bonchev–Trinajstić information content (AvgIpc) is 3.08. The first-order valence-electron chi connectivity index (χ1n) is 8.65. The average molecular weight is 468 g/mol. The first kappa shape index (κ1) is 20.9. The summed E-state index contributed by atoms with van der Waals surface area (Å²) in [6, 6.07) is 11.2. The lowest BCUT2D eigenvalue weighted by atomic mass is 10.1. The second kappa shape index (κ2) is 7.43. The van der Waals surface area contributed by atoms with Gasteiger partial charge in [-0.25, -0.2) is 13.4 Å². The van der Waals surface area contributed by atoms with Gasteiger partial charge in [-0.2, -0.15) is 18.3 Å². The molecule has 0 atom stereocenters. The molecule has 160 valence electrons. The number of anilines is 2. The van der Waals surface area contributed by atoms with Crippen LogP contribution in [0.4, 0.5) is 24.7 Å². The van der Waals surface area contributed by atoms with Crippen LogP contribution < -0.4 is 10.5 Å². The van der Waals surface area contributed by atoms with E-state index in [1.54, 1.807) is 12.1 Å². The molecule has 31 heavy (non-hydrogen) atoms. The fourth-order valence-electron chi connectivity index (χ4n) is 2.91. The number of benzene rings is 2. The number of nitrogens with two attached hydrogens (primary N) is 1. The Kier molecular flexibility index (Phi) is 5.02. The van der Waals surface area contributed by atoms with Gasteiger partial charge in [0, 0.05) is 5.56 Å². The van der Waals surface area contributed by atoms with Gasteiger partial charge in [-0.3, -0.25) is 9.82 Å². The molecule has 0 saturated carbocycles. The predicted molar refractivity (Wildman–Crippen MR) is 111 cm³/mol. The Balaban J connectivity index is 1.64. The van der Waals surface area contributed by atoms with Crippen molar-refractivity contribution >= 4 is 44.2 Å². The van der Waals surface area contributed by atoms with Crippen molar-refractivity contribution in [1.29, 1.82) is 0 Å². The van der Waals surface area contributed by atoms with Crippen molar-refractivity contribution in [3.63, 3.8) is 0 Å². The van der Waals surface area contributed by atoms with Crippen LogP contribution in [0.15, 0.2) is 59.5 Å². The Morgan fingerprint density at radius 1 is 1.06 bits per heavy atom. The molecule has 0 radical (unpaired) electrons. The van der Waals surface area contributed by atoms with Gasteiger partial charge >= 0.3 is 6.18 Å². The molecule has 0 aliphatic heterocycles. The third-order valence-corrected chi connectivity index (χ3v) is 6.10. The van der Waals surface area contributed by atoms with Crippen LogP contribution in [0, 0.1) is 0 Å². The van der Waals surface area contributed by atoms with Crippen LogP contribution in [0.1, 0.15) is 5.56 Å². The van der Waals surface area contributed by atoms with Gasteiger partial charge < -0.3 is 5.73 Å². The fraction of sp³-hybridized carbons (Fsp3) is 0.0526. The second-order valence-corrected chi connectivity index (χ2v) is 8.62. The lowest BCUT2D eigenvalue weighted by molar-refractivity contribution is -0.137. The number of rotatable bonds is 4. The minimum absolute atomic E-state index is 0.0788. The molecule has 0 saturated heterocycles. The van der Waals surface area contributed by atoms with E-state index in [9.17, 15) is 21.6 Å². The number of alkyl halides is 3. The molecule has 2 aromatic heterocycles. The number of fused-ring (bicyclic) bond motifs is 1. The molecule has 0 fully saturated rings. The van der Waals surface area contributed by atoms with Gasteiger partial charge in [0.25, 0.3) is 10.0 Å². The molecule has 2 heterocycles. The maximum Gasteiger partial charge on any atom is 0.416 e. The lowest BCUT2D eigenvalue weighted by Crippen LogP contribution is -2.14. The second-order valence-electron chi connectivity index (χ2n) is 6.53. The van der Waals surface area contributed by atoms with E-state index in [-0.39, 0.29) is 16.5 Å². The van der Waals surface area contributed by atoms with Crippen LogP contribution in [0.3, 0.4) is 0 Å². The number of sulfonamides is 1. The van der Waals surface area contributed by atoms with Gasteiger partial charge in [-0.15, -0.1) is 0 Å². The third kappa shape index (κ3) is 4.14. The molecule has 4 rings (SSSR count). The first-order valence-corrected chi connectivity index (χ1v) is 10.5. The van der Waals surface area contributed by atoms with Crippen LogP contribution in [0.5, 0.6) is 0 Å². The van der Waals surface area contributed by atoms with E-state index in [0.717, 1.165) is 18.2 Å². The summed E-state index contributed by atoms with van der Waals surface area (Å²) in [5, 5.41) is 6.77. The van der Waals surface area contributed by atoms with Gasteiger partial charge in [0.15, 0.2) is 5.82 Å². The largest absolute Gasteiger partial charge is 0.416 e. The zero-order valence-electron chi connectivity index (χ0n) is 15.4. The van der Waals surface area contributed by atoms with Gasteiger partial charge in [0.05, 0.1) is 32.4 Å². The Bertz CT molecular complexity index is 1400. The summed E-state index contributed by atoms with van der Waals surface area (Å²) in [6.45, 7) is 0. The topological polar surface area (TPSA) is 114 Å². The van der Waals surface area contributed by atoms with Crippen molar-refractivity contribution in [3.8, 4) is 11.3 Å². The fourth-order valence-corrected chi connectivity index (χ4v) is 4.28. The number of nitrogens with one attached hydrogen (secondary N) is 2. The maximum absolute atomic E-state index is 12.9. The molecule has 4 N–H and O–H groups in total. The highest BCUT2D eigenvalue weighted by molar-refractivity contribution is 7.92. The third-order valence-electron chi connectivity index (χ3n) is 4.40. The SMILES string of the molecule is Nc1n[nH]c2ccc(-c3ccc(NS(=O)(=O)c4cccc(C(F)(F)F)c4)cc3Cl)nc12. The van der Waals surface area contributed by atoms with Crippen LogP contribution in [0.2, 0.25) is 5.02 Å². The molecule has 2 aromatic carbocycles. The maximum atomic E-state index is 12.9. The van der Waals surface area contributed by atoms with Crippen molar-refractivity contribution in [1.82, 2.24) is 15.2 Å². The summed E-state index contributed by atoms with van der Waals surface area (Å²) >= 11 is 6.31. The summed E-state index contributed by atoms with van der Waals surface area (Å²) in [5.74, 6) is 0.221. The molecular formula is C19H13ClF3N5O2S. The number of nitrogens with zero attached hydrogens (tertiary/aromatic N) is 2. The predicted octanol–water partition coefficient (Wildman–Crippen LogP) is 4.68. The molecule has 0 spiro atoms. The summed E-state index contributed by atoms with van der Waals surface area (Å²) in [7, 11) is -4.27. The van der Waals surface area contributed by atoms with Crippen molar-refractivity contribution in [3.05, 3.63) is 65.2 Å². The molecule has 0 unspecified atom stereocenters. The number of aromatic nitrogens is 3. The number of hydrogen-bond donors (Lipinski definition) is 3. The summed E-state index contributed by atoms with van der Waals surface area (Å²) in [5.41, 5.74) is 6.87.